The zero-order chi connectivity index (χ0) is 12.5. The van der Waals surface area contributed by atoms with Crippen LogP contribution in [0.25, 0.3) is 10.2 Å². The minimum atomic E-state index is 0.574. The number of anilines is 1. The molecule has 3 rings (SSSR count). The van der Waals surface area contributed by atoms with Crippen molar-refractivity contribution in [1.82, 2.24) is 9.97 Å². The number of hydrogen-bond acceptors (Lipinski definition) is 5. The van der Waals surface area contributed by atoms with Gasteiger partial charge in [0, 0.05) is 5.69 Å². The molecule has 2 heterocycles. The third-order valence-electron chi connectivity index (χ3n) is 2.68. The third kappa shape index (κ3) is 1.89. The van der Waals surface area contributed by atoms with Crippen LogP contribution in [-0.4, -0.2) is 9.97 Å². The Bertz CT molecular complexity index is 708. The van der Waals surface area contributed by atoms with Gasteiger partial charge in [-0.05, 0) is 42.1 Å². The highest BCUT2D eigenvalue weighted by Gasteiger charge is 2.07. The molecule has 0 unspecified atom stereocenters. The van der Waals surface area contributed by atoms with E-state index in [1.165, 1.54) is 6.33 Å². The van der Waals surface area contributed by atoms with Crippen LogP contribution in [0.4, 0.5) is 5.69 Å². The average Bonchev–Trinajstić information content (AvgIpc) is 2.83. The second-order valence-corrected chi connectivity index (χ2v) is 4.83. The van der Waals surface area contributed by atoms with Gasteiger partial charge in [0.1, 0.15) is 16.9 Å². The lowest BCUT2D eigenvalue weighted by Crippen LogP contribution is -1.92. The van der Waals surface area contributed by atoms with Crippen LogP contribution in [0, 0.1) is 6.92 Å². The number of nitrogen functional groups attached to an aromatic ring is 1. The van der Waals surface area contributed by atoms with Crippen LogP contribution in [0.15, 0.2) is 36.0 Å². The van der Waals surface area contributed by atoms with E-state index in [0.29, 0.717) is 5.88 Å². The Balaban J connectivity index is 2.01. The van der Waals surface area contributed by atoms with E-state index in [2.05, 4.69) is 9.97 Å². The van der Waals surface area contributed by atoms with Crippen molar-refractivity contribution in [2.24, 2.45) is 0 Å². The fourth-order valence-electron chi connectivity index (χ4n) is 1.67. The Morgan fingerprint density at radius 1 is 1.22 bits per heavy atom. The first-order chi connectivity index (χ1) is 8.74. The smallest absolute Gasteiger partial charge is 0.231 e. The molecule has 0 fully saturated rings. The number of fused-ring (bicyclic) bond motifs is 1. The number of nitrogens with two attached hydrogens (primary N) is 1. The van der Waals surface area contributed by atoms with Crippen LogP contribution in [0.2, 0.25) is 0 Å². The van der Waals surface area contributed by atoms with Gasteiger partial charge >= 0.3 is 0 Å². The van der Waals surface area contributed by atoms with Crippen molar-refractivity contribution < 1.29 is 4.74 Å². The molecule has 90 valence electrons. The first kappa shape index (κ1) is 11.0. The van der Waals surface area contributed by atoms with E-state index in [-0.39, 0.29) is 0 Å². The molecular weight excluding hydrogens is 246 g/mol. The number of nitrogens with zero attached hydrogens (tertiary/aromatic N) is 2. The number of ether oxygens (including phenoxy) is 1. The molecule has 0 aliphatic carbocycles. The Morgan fingerprint density at radius 3 is 2.94 bits per heavy atom. The fourth-order valence-corrected chi connectivity index (χ4v) is 2.40. The molecule has 5 heteroatoms. The van der Waals surface area contributed by atoms with Crippen molar-refractivity contribution in [2.45, 2.75) is 6.92 Å². The fraction of sp³-hybridized carbons (Fsp3) is 0.0769. The molecule has 1 aromatic carbocycles. The molecule has 0 amide bonds. The lowest BCUT2D eigenvalue weighted by Gasteiger charge is -2.07. The van der Waals surface area contributed by atoms with Gasteiger partial charge in [-0.3, -0.25) is 0 Å². The van der Waals surface area contributed by atoms with Crippen LogP contribution in [0.3, 0.4) is 0 Å². The number of rotatable bonds is 2. The van der Waals surface area contributed by atoms with Gasteiger partial charge < -0.3 is 10.5 Å². The summed E-state index contributed by atoms with van der Waals surface area (Å²) < 4.78 is 5.79. The zero-order valence-electron chi connectivity index (χ0n) is 9.75. The average molecular weight is 257 g/mol. The van der Waals surface area contributed by atoms with E-state index >= 15 is 0 Å². The van der Waals surface area contributed by atoms with Crippen molar-refractivity contribution in [3.8, 4) is 11.6 Å². The predicted molar refractivity (Wildman–Crippen MR) is 73.1 cm³/mol. The van der Waals surface area contributed by atoms with Crippen LogP contribution in [0.1, 0.15) is 5.56 Å². The number of aromatic nitrogens is 2. The second-order valence-electron chi connectivity index (χ2n) is 3.94. The zero-order valence-corrected chi connectivity index (χ0v) is 10.6. The number of benzene rings is 1. The van der Waals surface area contributed by atoms with E-state index in [1.807, 2.05) is 36.6 Å². The van der Waals surface area contributed by atoms with Crippen molar-refractivity contribution in [3.63, 3.8) is 0 Å². The summed E-state index contributed by atoms with van der Waals surface area (Å²) in [5, 5.41) is 2.90. The molecule has 0 saturated heterocycles. The Labute approximate surface area is 108 Å². The molecule has 2 N–H and O–H groups in total. The largest absolute Gasteiger partial charge is 0.438 e. The Morgan fingerprint density at radius 2 is 2.11 bits per heavy atom. The topological polar surface area (TPSA) is 61.0 Å². The highest BCUT2D eigenvalue weighted by molar-refractivity contribution is 7.16. The summed E-state index contributed by atoms with van der Waals surface area (Å²) >= 11 is 1.57. The number of aryl methyl sites for hydroxylation is 1. The summed E-state index contributed by atoms with van der Waals surface area (Å²) in [6, 6.07) is 7.52. The van der Waals surface area contributed by atoms with Gasteiger partial charge in [-0.15, -0.1) is 11.3 Å². The predicted octanol–water partition coefficient (Wildman–Crippen LogP) is 3.37. The first-order valence-electron chi connectivity index (χ1n) is 5.46. The maximum Gasteiger partial charge on any atom is 0.231 e. The van der Waals surface area contributed by atoms with Crippen LogP contribution in [0.5, 0.6) is 11.6 Å². The molecule has 4 nitrogen and oxygen atoms in total. The molecule has 0 aliphatic rings. The molecule has 0 saturated carbocycles. The van der Waals surface area contributed by atoms with Gasteiger partial charge in [0.15, 0.2) is 0 Å². The quantitative estimate of drug-likeness (QED) is 0.715. The summed E-state index contributed by atoms with van der Waals surface area (Å²) in [6.07, 6.45) is 1.51. The van der Waals surface area contributed by atoms with Crippen LogP contribution >= 0.6 is 11.3 Å². The van der Waals surface area contributed by atoms with Crippen molar-refractivity contribution >= 4 is 27.2 Å². The van der Waals surface area contributed by atoms with Crippen molar-refractivity contribution in [3.05, 3.63) is 41.5 Å². The van der Waals surface area contributed by atoms with E-state index in [9.17, 15) is 0 Å². The molecule has 18 heavy (non-hydrogen) atoms. The summed E-state index contributed by atoms with van der Waals surface area (Å²) in [6.45, 7) is 1.95. The highest BCUT2D eigenvalue weighted by Crippen LogP contribution is 2.30. The minimum absolute atomic E-state index is 0.574. The first-order valence-corrected chi connectivity index (χ1v) is 6.34. The SMILES string of the molecule is Cc1cc(Oc2ncnc3sccc23)ccc1N. The molecule has 0 radical (unpaired) electrons. The molecule has 2 aromatic heterocycles. The maximum atomic E-state index is 5.79. The van der Waals surface area contributed by atoms with Crippen molar-refractivity contribution in [2.75, 3.05) is 5.73 Å². The minimum Gasteiger partial charge on any atom is -0.438 e. The molecule has 3 aromatic rings. The second kappa shape index (κ2) is 4.27. The van der Waals surface area contributed by atoms with Gasteiger partial charge in [-0.2, -0.15) is 0 Å². The van der Waals surface area contributed by atoms with E-state index in [0.717, 1.165) is 27.2 Å². The summed E-state index contributed by atoms with van der Waals surface area (Å²) in [4.78, 5) is 9.27. The highest BCUT2D eigenvalue weighted by atomic mass is 32.1. The number of thiophene rings is 1. The third-order valence-corrected chi connectivity index (χ3v) is 3.50. The van der Waals surface area contributed by atoms with E-state index in [1.54, 1.807) is 11.3 Å². The van der Waals surface area contributed by atoms with E-state index < -0.39 is 0 Å². The standard InChI is InChI=1S/C13H11N3OS/c1-8-6-9(2-3-11(8)14)17-12-10-4-5-18-13(10)16-7-15-12/h2-7H,14H2,1H3. The normalized spacial score (nSPS) is 10.7. The van der Waals surface area contributed by atoms with Crippen LogP contribution in [-0.2, 0) is 0 Å². The Hall–Kier alpha value is -2.14. The Kier molecular flexibility index (Phi) is 2.60. The monoisotopic (exact) mass is 257 g/mol. The lowest BCUT2D eigenvalue weighted by atomic mass is 10.2. The van der Waals surface area contributed by atoms with Gasteiger partial charge in [0.05, 0.1) is 5.39 Å². The molecule has 0 aliphatic heterocycles. The van der Waals surface area contributed by atoms with E-state index in [4.69, 9.17) is 10.5 Å². The molecular formula is C13H11N3OS. The molecule has 0 bridgehead atoms. The van der Waals surface area contributed by atoms with Gasteiger partial charge in [0.2, 0.25) is 5.88 Å². The summed E-state index contributed by atoms with van der Waals surface area (Å²) in [7, 11) is 0. The summed E-state index contributed by atoms with van der Waals surface area (Å²) in [5.74, 6) is 1.30. The van der Waals surface area contributed by atoms with Crippen LogP contribution < -0.4 is 10.5 Å². The molecule has 0 atom stereocenters. The van der Waals surface area contributed by atoms with Gasteiger partial charge in [-0.25, -0.2) is 9.97 Å². The van der Waals surface area contributed by atoms with Gasteiger partial charge in [-0.1, -0.05) is 0 Å². The number of hydrogen-bond donors (Lipinski definition) is 1. The van der Waals surface area contributed by atoms with Crippen molar-refractivity contribution in [1.29, 1.82) is 0 Å². The molecule has 0 spiro atoms. The maximum absolute atomic E-state index is 5.79. The lowest BCUT2D eigenvalue weighted by molar-refractivity contribution is 0.468. The van der Waals surface area contributed by atoms with Gasteiger partial charge in [0.25, 0.3) is 0 Å². The summed E-state index contributed by atoms with van der Waals surface area (Å²) in [5.41, 5.74) is 7.52.